The van der Waals surface area contributed by atoms with Gasteiger partial charge in [0.25, 0.3) is 0 Å². The highest BCUT2D eigenvalue weighted by Gasteiger charge is 2.17. The Bertz CT molecular complexity index is 228. The second-order valence-corrected chi connectivity index (χ2v) is 3.97. The fourth-order valence-corrected chi connectivity index (χ4v) is 1.99. The third-order valence-electron chi connectivity index (χ3n) is 2.89. The number of Topliss-reactive ketones (excluding diaryl/α,β-unsaturated/α-hetero) is 1. The number of hydrogen-bond donors (Lipinski definition) is 1. The monoisotopic (exact) mass is 196 g/mol. The van der Waals surface area contributed by atoms with Crippen LogP contribution in [0.1, 0.15) is 51.9 Å². The van der Waals surface area contributed by atoms with Crippen molar-refractivity contribution in [2.24, 2.45) is 0 Å². The van der Waals surface area contributed by atoms with Gasteiger partial charge in [0.2, 0.25) is 0 Å². The van der Waals surface area contributed by atoms with E-state index in [-0.39, 0.29) is 12.4 Å². The summed E-state index contributed by atoms with van der Waals surface area (Å²) in [7, 11) is 0. The summed E-state index contributed by atoms with van der Waals surface area (Å²) in [6.45, 7) is 2.09. The van der Waals surface area contributed by atoms with Crippen molar-refractivity contribution in [3.05, 3.63) is 11.1 Å². The molecule has 0 fully saturated rings. The molecule has 0 bridgehead atoms. The maximum atomic E-state index is 11.6. The van der Waals surface area contributed by atoms with Crippen LogP contribution in [0.4, 0.5) is 0 Å². The third-order valence-corrected chi connectivity index (χ3v) is 2.89. The summed E-state index contributed by atoms with van der Waals surface area (Å²) in [5.74, 6) is 0.177. The van der Waals surface area contributed by atoms with Crippen molar-refractivity contribution in [2.75, 3.05) is 6.61 Å². The number of rotatable bonds is 4. The largest absolute Gasteiger partial charge is 0.392 e. The molecule has 0 spiro atoms. The van der Waals surface area contributed by atoms with Crippen LogP contribution in [0.25, 0.3) is 0 Å². The molecule has 2 heteroatoms. The molecular weight excluding hydrogens is 176 g/mol. The standard InChI is InChI=1S/C12H20O2/c1-2-3-6-10-7-4-5-8-12(14)11(10)9-13/h13H,2-9H2,1H3. The average Bonchev–Trinajstić information content (AvgIpc) is 2.36. The number of aliphatic hydroxyl groups excluding tert-OH is 1. The molecular formula is C12H20O2. The number of hydrogen-bond acceptors (Lipinski definition) is 2. The first kappa shape index (κ1) is 11.4. The zero-order valence-corrected chi connectivity index (χ0v) is 9.01. The van der Waals surface area contributed by atoms with Gasteiger partial charge in [-0.05, 0) is 32.1 Å². The lowest BCUT2D eigenvalue weighted by Crippen LogP contribution is -2.07. The lowest BCUT2D eigenvalue weighted by Gasteiger charge is -2.08. The van der Waals surface area contributed by atoms with Gasteiger partial charge in [0.05, 0.1) is 6.61 Å². The number of carbonyl (C=O) groups is 1. The van der Waals surface area contributed by atoms with Crippen molar-refractivity contribution in [1.82, 2.24) is 0 Å². The molecule has 0 aliphatic heterocycles. The lowest BCUT2D eigenvalue weighted by molar-refractivity contribution is -0.116. The van der Waals surface area contributed by atoms with Crippen LogP contribution in [0.15, 0.2) is 11.1 Å². The molecule has 0 atom stereocenters. The van der Waals surface area contributed by atoms with Crippen molar-refractivity contribution in [3.8, 4) is 0 Å². The zero-order valence-electron chi connectivity index (χ0n) is 9.01. The highest BCUT2D eigenvalue weighted by atomic mass is 16.3. The van der Waals surface area contributed by atoms with Gasteiger partial charge < -0.3 is 5.11 Å². The predicted molar refractivity (Wildman–Crippen MR) is 57.1 cm³/mol. The quantitative estimate of drug-likeness (QED) is 0.750. The van der Waals surface area contributed by atoms with Crippen molar-refractivity contribution in [1.29, 1.82) is 0 Å². The summed E-state index contributed by atoms with van der Waals surface area (Å²) in [5.41, 5.74) is 1.94. The first-order valence-corrected chi connectivity index (χ1v) is 5.64. The normalized spacial score (nSPS) is 18.6. The first-order valence-electron chi connectivity index (χ1n) is 5.64. The Morgan fingerprint density at radius 3 is 2.64 bits per heavy atom. The summed E-state index contributed by atoms with van der Waals surface area (Å²) in [4.78, 5) is 11.6. The topological polar surface area (TPSA) is 37.3 Å². The second kappa shape index (κ2) is 5.97. The summed E-state index contributed by atoms with van der Waals surface area (Å²) >= 11 is 0. The van der Waals surface area contributed by atoms with Crippen molar-refractivity contribution >= 4 is 5.78 Å². The van der Waals surface area contributed by atoms with Gasteiger partial charge in [-0.2, -0.15) is 0 Å². The molecule has 0 heterocycles. The van der Waals surface area contributed by atoms with Crippen LogP contribution in [-0.4, -0.2) is 17.5 Å². The molecule has 0 radical (unpaired) electrons. The van der Waals surface area contributed by atoms with Crippen LogP contribution in [0, 0.1) is 0 Å². The Kier molecular flexibility index (Phi) is 4.88. The Labute approximate surface area is 86.0 Å². The summed E-state index contributed by atoms with van der Waals surface area (Å²) in [6.07, 6.45) is 7.01. The molecule has 1 N–H and O–H groups in total. The molecule has 0 aromatic rings. The SMILES string of the molecule is CCCCC1=C(CO)C(=O)CCCC1. The number of carbonyl (C=O) groups excluding carboxylic acids is 1. The van der Waals surface area contributed by atoms with Crippen molar-refractivity contribution in [3.63, 3.8) is 0 Å². The molecule has 1 rings (SSSR count). The summed E-state index contributed by atoms with van der Waals surface area (Å²) < 4.78 is 0. The average molecular weight is 196 g/mol. The van der Waals surface area contributed by atoms with E-state index >= 15 is 0 Å². The van der Waals surface area contributed by atoms with Gasteiger partial charge in [-0.1, -0.05) is 18.9 Å². The van der Waals surface area contributed by atoms with E-state index in [1.807, 2.05) is 0 Å². The highest BCUT2D eigenvalue weighted by molar-refractivity contribution is 5.96. The molecule has 14 heavy (non-hydrogen) atoms. The fraction of sp³-hybridized carbons (Fsp3) is 0.750. The minimum absolute atomic E-state index is 0.0577. The molecule has 0 aromatic carbocycles. The Morgan fingerprint density at radius 1 is 1.29 bits per heavy atom. The van der Waals surface area contributed by atoms with Crippen LogP contribution < -0.4 is 0 Å². The van der Waals surface area contributed by atoms with Gasteiger partial charge in [-0.3, -0.25) is 4.79 Å². The molecule has 0 amide bonds. The van der Waals surface area contributed by atoms with Crippen LogP contribution in [-0.2, 0) is 4.79 Å². The van der Waals surface area contributed by atoms with E-state index in [9.17, 15) is 9.90 Å². The summed E-state index contributed by atoms with van der Waals surface area (Å²) in [5, 5.41) is 9.18. The zero-order chi connectivity index (χ0) is 10.4. The third kappa shape index (κ3) is 2.95. The van der Waals surface area contributed by atoms with Gasteiger partial charge in [-0.15, -0.1) is 0 Å². The molecule has 1 aliphatic carbocycles. The van der Waals surface area contributed by atoms with E-state index in [4.69, 9.17) is 0 Å². The highest BCUT2D eigenvalue weighted by Crippen LogP contribution is 2.25. The van der Waals surface area contributed by atoms with Crippen LogP contribution in [0.2, 0.25) is 0 Å². The Hall–Kier alpha value is -0.630. The van der Waals surface area contributed by atoms with Crippen molar-refractivity contribution < 1.29 is 9.90 Å². The van der Waals surface area contributed by atoms with E-state index in [1.165, 1.54) is 5.57 Å². The maximum absolute atomic E-state index is 11.6. The Balaban J connectivity index is 2.73. The minimum atomic E-state index is -0.0577. The van der Waals surface area contributed by atoms with E-state index in [1.54, 1.807) is 0 Å². The molecule has 0 aromatic heterocycles. The van der Waals surface area contributed by atoms with E-state index in [0.717, 1.165) is 44.1 Å². The fourth-order valence-electron chi connectivity index (χ4n) is 1.99. The molecule has 2 nitrogen and oxygen atoms in total. The second-order valence-electron chi connectivity index (χ2n) is 3.97. The minimum Gasteiger partial charge on any atom is -0.392 e. The van der Waals surface area contributed by atoms with Crippen LogP contribution in [0.5, 0.6) is 0 Å². The molecule has 0 saturated heterocycles. The number of aliphatic hydroxyl groups is 1. The smallest absolute Gasteiger partial charge is 0.161 e. The van der Waals surface area contributed by atoms with Gasteiger partial charge in [-0.25, -0.2) is 0 Å². The van der Waals surface area contributed by atoms with Crippen molar-refractivity contribution in [2.45, 2.75) is 51.9 Å². The summed E-state index contributed by atoms with van der Waals surface area (Å²) in [6, 6.07) is 0. The number of ketones is 1. The van der Waals surface area contributed by atoms with E-state index in [2.05, 4.69) is 6.92 Å². The molecule has 1 aliphatic rings. The predicted octanol–water partition coefficient (Wildman–Crippen LogP) is 2.61. The first-order chi connectivity index (χ1) is 6.79. The van der Waals surface area contributed by atoms with Gasteiger partial charge in [0.1, 0.15) is 0 Å². The van der Waals surface area contributed by atoms with Gasteiger partial charge in [0.15, 0.2) is 5.78 Å². The van der Waals surface area contributed by atoms with Crippen LogP contribution >= 0.6 is 0 Å². The van der Waals surface area contributed by atoms with E-state index < -0.39 is 0 Å². The van der Waals surface area contributed by atoms with E-state index in [0.29, 0.717) is 6.42 Å². The van der Waals surface area contributed by atoms with Gasteiger partial charge >= 0.3 is 0 Å². The number of allylic oxidation sites excluding steroid dienone is 1. The maximum Gasteiger partial charge on any atom is 0.161 e. The van der Waals surface area contributed by atoms with Gasteiger partial charge in [0, 0.05) is 12.0 Å². The molecule has 0 unspecified atom stereocenters. The molecule has 0 saturated carbocycles. The number of unbranched alkanes of at least 4 members (excludes halogenated alkanes) is 1. The Morgan fingerprint density at radius 2 is 2.00 bits per heavy atom. The molecule has 80 valence electrons. The lowest BCUT2D eigenvalue weighted by atomic mass is 9.98. The van der Waals surface area contributed by atoms with Crippen LogP contribution in [0.3, 0.4) is 0 Å².